The molecule has 0 aromatic rings. The highest BCUT2D eigenvalue weighted by molar-refractivity contribution is 5.70. The van der Waals surface area contributed by atoms with Gasteiger partial charge in [-0.3, -0.25) is 9.59 Å². The molecular formula is C77H150O5. The molecule has 0 heterocycles. The van der Waals surface area contributed by atoms with Gasteiger partial charge in [0.15, 0.2) is 6.10 Å². The van der Waals surface area contributed by atoms with Crippen LogP contribution in [0.3, 0.4) is 0 Å². The minimum atomic E-state index is -0.767. The van der Waals surface area contributed by atoms with Gasteiger partial charge in [0.25, 0.3) is 0 Å². The molecule has 488 valence electrons. The van der Waals surface area contributed by atoms with E-state index in [1.54, 1.807) is 0 Å². The van der Waals surface area contributed by atoms with E-state index in [2.05, 4.69) is 26.0 Å². The molecule has 5 heteroatoms. The van der Waals surface area contributed by atoms with Gasteiger partial charge in [-0.2, -0.15) is 0 Å². The Kier molecular flexibility index (Phi) is 72.7. The van der Waals surface area contributed by atoms with Crippen LogP contribution in [0.2, 0.25) is 0 Å². The number of rotatable bonds is 73. The fraction of sp³-hybridized carbons (Fsp3) is 0.948. The van der Waals surface area contributed by atoms with Crippen LogP contribution in [0.4, 0.5) is 0 Å². The van der Waals surface area contributed by atoms with Crippen molar-refractivity contribution in [1.82, 2.24) is 0 Å². The van der Waals surface area contributed by atoms with Gasteiger partial charge in [-0.25, -0.2) is 0 Å². The number of aliphatic hydroxyl groups excluding tert-OH is 1. The van der Waals surface area contributed by atoms with E-state index in [4.69, 9.17) is 9.47 Å². The van der Waals surface area contributed by atoms with Crippen molar-refractivity contribution in [1.29, 1.82) is 0 Å². The van der Waals surface area contributed by atoms with E-state index in [0.717, 1.165) is 32.1 Å². The summed E-state index contributed by atoms with van der Waals surface area (Å²) in [7, 11) is 0. The maximum absolute atomic E-state index is 12.4. The number of hydrogen-bond donors (Lipinski definition) is 1. The van der Waals surface area contributed by atoms with Gasteiger partial charge < -0.3 is 14.6 Å². The molecule has 0 aliphatic rings. The van der Waals surface area contributed by atoms with Crippen molar-refractivity contribution in [2.75, 3.05) is 13.2 Å². The normalized spacial score (nSPS) is 12.1. The van der Waals surface area contributed by atoms with Crippen LogP contribution >= 0.6 is 0 Å². The Balaban J connectivity index is 3.33. The zero-order valence-corrected chi connectivity index (χ0v) is 56.3. The van der Waals surface area contributed by atoms with E-state index in [1.807, 2.05) is 0 Å². The largest absolute Gasteiger partial charge is 0.462 e. The molecule has 0 spiro atoms. The fourth-order valence-electron chi connectivity index (χ4n) is 12.3. The summed E-state index contributed by atoms with van der Waals surface area (Å²) in [5.41, 5.74) is 0. The molecule has 82 heavy (non-hydrogen) atoms. The third-order valence-corrected chi connectivity index (χ3v) is 18.1. The summed E-state index contributed by atoms with van der Waals surface area (Å²) in [4.78, 5) is 24.7. The van der Waals surface area contributed by atoms with Crippen molar-refractivity contribution in [3.63, 3.8) is 0 Å². The number of allylic oxidation sites excluding steroid dienone is 2. The molecule has 0 fully saturated rings. The molecule has 0 aliphatic carbocycles. The van der Waals surface area contributed by atoms with E-state index < -0.39 is 6.10 Å². The molecule has 1 N–H and O–H groups in total. The van der Waals surface area contributed by atoms with Gasteiger partial charge >= 0.3 is 11.9 Å². The minimum Gasteiger partial charge on any atom is -0.462 e. The number of aliphatic hydroxyl groups is 1. The second-order valence-electron chi connectivity index (χ2n) is 26.4. The molecule has 0 saturated carbocycles. The van der Waals surface area contributed by atoms with E-state index >= 15 is 0 Å². The molecule has 1 atom stereocenters. The predicted molar refractivity (Wildman–Crippen MR) is 362 cm³/mol. The van der Waals surface area contributed by atoms with Crippen molar-refractivity contribution in [2.24, 2.45) is 0 Å². The van der Waals surface area contributed by atoms with Crippen LogP contribution in [-0.4, -0.2) is 36.4 Å². The fourth-order valence-corrected chi connectivity index (χ4v) is 12.3. The Labute approximate surface area is 515 Å². The summed E-state index contributed by atoms with van der Waals surface area (Å²) in [6.45, 7) is 4.22. The highest BCUT2D eigenvalue weighted by Gasteiger charge is 2.16. The predicted octanol–water partition coefficient (Wildman–Crippen LogP) is 26.6. The van der Waals surface area contributed by atoms with Gasteiger partial charge in [0, 0.05) is 12.8 Å². The lowest BCUT2D eigenvalue weighted by Crippen LogP contribution is -2.28. The first kappa shape index (κ1) is 80.6. The van der Waals surface area contributed by atoms with Gasteiger partial charge in [-0.05, 0) is 38.5 Å². The summed E-state index contributed by atoms with van der Waals surface area (Å²) < 4.78 is 10.8. The Bertz CT molecular complexity index is 1220. The van der Waals surface area contributed by atoms with Crippen molar-refractivity contribution in [3.05, 3.63) is 12.2 Å². The zero-order valence-electron chi connectivity index (χ0n) is 56.3. The number of ether oxygens (including phenoxy) is 2. The summed E-state index contributed by atoms with van der Waals surface area (Å²) in [5.74, 6) is -0.558. The number of carbonyl (C=O) groups is 2. The average molecular weight is 1160 g/mol. The first-order valence-corrected chi connectivity index (χ1v) is 38.2. The Morgan fingerprint density at radius 2 is 0.451 bits per heavy atom. The lowest BCUT2D eigenvalue weighted by Gasteiger charge is -2.15. The molecule has 0 bridgehead atoms. The van der Waals surface area contributed by atoms with Gasteiger partial charge in [0.05, 0.1) is 6.61 Å². The number of carbonyl (C=O) groups excluding carboxylic acids is 2. The van der Waals surface area contributed by atoms with E-state index in [0.29, 0.717) is 12.8 Å². The second-order valence-corrected chi connectivity index (χ2v) is 26.4. The quantitative estimate of drug-likeness (QED) is 0.0373. The molecule has 0 saturated heterocycles. The number of hydrogen-bond acceptors (Lipinski definition) is 5. The van der Waals surface area contributed by atoms with E-state index in [1.165, 1.54) is 392 Å². The third kappa shape index (κ3) is 71.1. The first-order valence-electron chi connectivity index (χ1n) is 38.2. The SMILES string of the molecule is CCCCCCCCCC/C=C\CCCCCCCCCCCCCCCCCCCCCCCCCCCCCCCC(=O)OC(CO)COC(=O)CCCCCCCCCCCCCCCCCCCCCCCCCCCCC. The second kappa shape index (κ2) is 73.9. The van der Waals surface area contributed by atoms with Crippen molar-refractivity contribution in [3.8, 4) is 0 Å². The highest BCUT2D eigenvalue weighted by atomic mass is 16.6. The summed E-state index contributed by atoms with van der Waals surface area (Å²) in [5, 5.41) is 9.71. The van der Waals surface area contributed by atoms with Crippen LogP contribution in [0.25, 0.3) is 0 Å². The molecular weight excluding hydrogens is 1000 g/mol. The minimum absolute atomic E-state index is 0.0560. The van der Waals surface area contributed by atoms with Gasteiger partial charge in [0.1, 0.15) is 6.61 Å². The molecule has 0 amide bonds. The monoisotopic (exact) mass is 1160 g/mol. The molecule has 0 aliphatic heterocycles. The topological polar surface area (TPSA) is 72.8 Å². The van der Waals surface area contributed by atoms with E-state index in [9.17, 15) is 14.7 Å². The van der Waals surface area contributed by atoms with Gasteiger partial charge in [-0.1, -0.05) is 411 Å². The molecule has 0 radical (unpaired) electrons. The van der Waals surface area contributed by atoms with Crippen LogP contribution in [0.15, 0.2) is 12.2 Å². The van der Waals surface area contributed by atoms with Crippen molar-refractivity contribution in [2.45, 2.75) is 457 Å². The molecule has 5 nitrogen and oxygen atoms in total. The molecule has 1 unspecified atom stereocenters. The summed E-state index contributed by atoms with van der Waals surface area (Å²) in [6, 6.07) is 0. The lowest BCUT2D eigenvalue weighted by molar-refractivity contribution is -0.161. The van der Waals surface area contributed by atoms with Crippen LogP contribution in [0, 0.1) is 0 Å². The van der Waals surface area contributed by atoms with E-state index in [-0.39, 0.29) is 25.2 Å². The van der Waals surface area contributed by atoms with Crippen molar-refractivity contribution >= 4 is 11.9 Å². The summed E-state index contributed by atoms with van der Waals surface area (Å²) in [6.07, 6.45) is 95.8. The standard InChI is InChI=1S/C77H150O5/c1-3-5-7-9-11-13-15-17-19-21-23-25-27-29-31-32-33-34-35-36-37-38-39-40-41-42-43-44-46-48-50-52-54-56-58-60-62-64-66-68-70-72-77(80)82-75(73-78)74-81-76(79)71-69-67-65-63-61-59-57-55-53-51-49-47-45-30-28-26-24-22-20-18-16-14-12-10-8-6-4-2/h21,23,75,78H,3-20,22,24-74H2,1-2H3/b23-21-. The molecule has 0 rings (SSSR count). The number of esters is 2. The maximum atomic E-state index is 12.4. The third-order valence-electron chi connectivity index (χ3n) is 18.1. The van der Waals surface area contributed by atoms with Crippen molar-refractivity contribution < 1.29 is 24.2 Å². The molecule has 0 aromatic carbocycles. The Morgan fingerprint density at radius 1 is 0.268 bits per heavy atom. The summed E-state index contributed by atoms with van der Waals surface area (Å²) >= 11 is 0. The average Bonchev–Trinajstić information content (AvgIpc) is 3.49. The Morgan fingerprint density at radius 3 is 0.659 bits per heavy atom. The van der Waals surface area contributed by atoms with Crippen LogP contribution in [-0.2, 0) is 19.1 Å². The molecule has 0 aromatic heterocycles. The van der Waals surface area contributed by atoms with Gasteiger partial charge in [0.2, 0.25) is 0 Å². The maximum Gasteiger partial charge on any atom is 0.306 e. The van der Waals surface area contributed by atoms with Crippen LogP contribution < -0.4 is 0 Å². The van der Waals surface area contributed by atoms with Crippen LogP contribution in [0.5, 0.6) is 0 Å². The zero-order chi connectivity index (χ0) is 59.1. The van der Waals surface area contributed by atoms with Gasteiger partial charge in [-0.15, -0.1) is 0 Å². The Hall–Kier alpha value is -1.36. The first-order chi connectivity index (χ1) is 40.6. The highest BCUT2D eigenvalue weighted by Crippen LogP contribution is 2.20. The smallest absolute Gasteiger partial charge is 0.306 e. The van der Waals surface area contributed by atoms with Crippen LogP contribution in [0.1, 0.15) is 450 Å². The number of unbranched alkanes of at least 4 members (excludes halogenated alkanes) is 63. The lowest BCUT2D eigenvalue weighted by atomic mass is 10.0.